The Hall–Kier alpha value is -1.33. The first-order chi connectivity index (χ1) is 8.97. The van der Waals surface area contributed by atoms with Gasteiger partial charge >= 0.3 is 6.18 Å². The molecule has 1 aromatic rings. The molecule has 0 aliphatic carbocycles. The van der Waals surface area contributed by atoms with Gasteiger partial charge in [-0.3, -0.25) is 0 Å². The third kappa shape index (κ3) is 3.81. The van der Waals surface area contributed by atoms with E-state index in [2.05, 4.69) is 5.32 Å². The lowest BCUT2D eigenvalue weighted by Gasteiger charge is -2.10. The summed E-state index contributed by atoms with van der Waals surface area (Å²) in [5.41, 5.74) is -0.234. The van der Waals surface area contributed by atoms with Crippen molar-refractivity contribution in [3.63, 3.8) is 0 Å². The highest BCUT2D eigenvalue weighted by Crippen LogP contribution is 2.30. The molecular weight excluding hydrogens is 255 g/mol. The number of benzene rings is 1. The van der Waals surface area contributed by atoms with Crippen LogP contribution in [0.1, 0.15) is 23.7 Å². The molecule has 1 heterocycles. The maximum Gasteiger partial charge on any atom is 0.416 e. The van der Waals surface area contributed by atoms with Gasteiger partial charge in [-0.25, -0.2) is 0 Å². The number of hydrogen-bond donors (Lipinski definition) is 2. The number of rotatable bonds is 3. The van der Waals surface area contributed by atoms with Crippen LogP contribution in [-0.4, -0.2) is 18.2 Å². The zero-order chi connectivity index (χ0) is 13.9. The number of aliphatic hydroxyl groups excluding tert-OH is 1. The number of alkyl halides is 3. The lowest BCUT2D eigenvalue weighted by atomic mass is 10.0. The lowest BCUT2D eigenvalue weighted by molar-refractivity contribution is -0.137. The summed E-state index contributed by atoms with van der Waals surface area (Å²) in [5, 5.41) is 13.1. The number of halogens is 3. The average molecular weight is 271 g/mol. The summed E-state index contributed by atoms with van der Waals surface area (Å²) in [6.45, 7) is 1.85. The predicted molar refractivity (Wildman–Crippen MR) is 66.5 cm³/mol. The first kappa shape index (κ1) is 14.1. The monoisotopic (exact) mass is 271 g/mol. The SMILES string of the molecule is OC(/C=C/C1CCNC1)c1ccc(C(F)(F)F)cc1. The molecule has 2 nitrogen and oxygen atoms in total. The van der Waals surface area contributed by atoms with Gasteiger partial charge < -0.3 is 10.4 Å². The summed E-state index contributed by atoms with van der Waals surface area (Å²) < 4.78 is 37.2. The predicted octanol–water partition coefficient (Wildman–Crippen LogP) is 2.90. The molecule has 0 aromatic heterocycles. The molecule has 0 bridgehead atoms. The van der Waals surface area contributed by atoms with Gasteiger partial charge in [0.15, 0.2) is 0 Å². The minimum atomic E-state index is -4.34. The van der Waals surface area contributed by atoms with Crippen molar-refractivity contribution in [3.8, 4) is 0 Å². The Labute approximate surface area is 109 Å². The molecule has 104 valence electrons. The second-order valence-corrected chi connectivity index (χ2v) is 4.70. The van der Waals surface area contributed by atoms with E-state index in [1.807, 2.05) is 6.08 Å². The molecule has 1 aromatic carbocycles. The first-order valence-electron chi connectivity index (χ1n) is 6.21. The fourth-order valence-corrected chi connectivity index (χ4v) is 2.08. The molecule has 0 amide bonds. The van der Waals surface area contributed by atoms with Crippen LogP contribution < -0.4 is 5.32 Å². The van der Waals surface area contributed by atoms with Crippen LogP contribution in [0.25, 0.3) is 0 Å². The van der Waals surface area contributed by atoms with Crippen LogP contribution in [0.2, 0.25) is 0 Å². The van der Waals surface area contributed by atoms with E-state index in [1.165, 1.54) is 12.1 Å². The molecule has 2 unspecified atom stereocenters. The molecule has 0 saturated carbocycles. The molecule has 1 aliphatic rings. The zero-order valence-corrected chi connectivity index (χ0v) is 10.3. The summed E-state index contributed by atoms with van der Waals surface area (Å²) in [5.74, 6) is 0.393. The summed E-state index contributed by atoms with van der Waals surface area (Å²) in [6.07, 6.45) is -0.615. The van der Waals surface area contributed by atoms with Gasteiger partial charge in [-0.2, -0.15) is 13.2 Å². The van der Waals surface area contributed by atoms with E-state index in [9.17, 15) is 18.3 Å². The Kier molecular flexibility index (Phi) is 4.27. The van der Waals surface area contributed by atoms with Gasteiger partial charge in [0.05, 0.1) is 11.7 Å². The van der Waals surface area contributed by atoms with Crippen LogP contribution in [0.15, 0.2) is 36.4 Å². The zero-order valence-electron chi connectivity index (χ0n) is 10.3. The molecule has 1 saturated heterocycles. The molecule has 5 heteroatoms. The van der Waals surface area contributed by atoms with Gasteiger partial charge in [-0.15, -0.1) is 0 Å². The number of hydrogen-bond acceptors (Lipinski definition) is 2. The number of nitrogens with one attached hydrogen (secondary N) is 1. The third-order valence-electron chi connectivity index (χ3n) is 3.24. The molecule has 2 rings (SSSR count). The Balaban J connectivity index is 2.01. The first-order valence-corrected chi connectivity index (χ1v) is 6.21. The normalized spacial score (nSPS) is 22.0. The quantitative estimate of drug-likeness (QED) is 0.828. The van der Waals surface area contributed by atoms with Crippen molar-refractivity contribution >= 4 is 0 Å². The summed E-state index contributed by atoms with van der Waals surface area (Å²) in [7, 11) is 0. The van der Waals surface area contributed by atoms with E-state index in [4.69, 9.17) is 0 Å². The van der Waals surface area contributed by atoms with Crippen LogP contribution in [0.4, 0.5) is 13.2 Å². The molecule has 2 N–H and O–H groups in total. The highest BCUT2D eigenvalue weighted by molar-refractivity contribution is 5.28. The molecule has 1 fully saturated rings. The van der Waals surface area contributed by atoms with E-state index in [-0.39, 0.29) is 0 Å². The van der Waals surface area contributed by atoms with Crippen molar-refractivity contribution in [2.24, 2.45) is 5.92 Å². The van der Waals surface area contributed by atoms with E-state index < -0.39 is 17.8 Å². The summed E-state index contributed by atoms with van der Waals surface area (Å²) in [6, 6.07) is 4.60. The van der Waals surface area contributed by atoms with Gasteiger partial charge in [0.1, 0.15) is 0 Å². The Morgan fingerprint density at radius 1 is 1.26 bits per heavy atom. The van der Waals surface area contributed by atoms with Crippen molar-refractivity contribution in [2.45, 2.75) is 18.7 Å². The highest BCUT2D eigenvalue weighted by atomic mass is 19.4. The van der Waals surface area contributed by atoms with Gasteiger partial charge in [0.25, 0.3) is 0 Å². The molecule has 1 aliphatic heterocycles. The second kappa shape index (κ2) is 5.75. The maximum atomic E-state index is 12.4. The van der Waals surface area contributed by atoms with E-state index in [0.717, 1.165) is 31.6 Å². The van der Waals surface area contributed by atoms with Gasteiger partial charge in [-0.1, -0.05) is 24.3 Å². The van der Waals surface area contributed by atoms with Gasteiger partial charge in [0, 0.05) is 6.54 Å². The lowest BCUT2D eigenvalue weighted by Crippen LogP contribution is -2.07. The highest BCUT2D eigenvalue weighted by Gasteiger charge is 2.30. The van der Waals surface area contributed by atoms with Crippen molar-refractivity contribution in [2.75, 3.05) is 13.1 Å². The molecule has 0 spiro atoms. The van der Waals surface area contributed by atoms with E-state index in [1.54, 1.807) is 6.08 Å². The number of aliphatic hydroxyl groups is 1. The summed E-state index contributed by atoms with van der Waals surface area (Å²) in [4.78, 5) is 0. The smallest absolute Gasteiger partial charge is 0.384 e. The van der Waals surface area contributed by atoms with Crippen LogP contribution >= 0.6 is 0 Å². The maximum absolute atomic E-state index is 12.4. The average Bonchev–Trinajstić information content (AvgIpc) is 2.88. The second-order valence-electron chi connectivity index (χ2n) is 4.70. The minimum absolute atomic E-state index is 0.393. The van der Waals surface area contributed by atoms with Gasteiger partial charge in [0.2, 0.25) is 0 Å². The molecule has 2 atom stereocenters. The third-order valence-corrected chi connectivity index (χ3v) is 3.24. The Morgan fingerprint density at radius 3 is 2.47 bits per heavy atom. The van der Waals surface area contributed by atoms with Gasteiger partial charge in [-0.05, 0) is 36.6 Å². The fourth-order valence-electron chi connectivity index (χ4n) is 2.08. The molecular formula is C14H16F3NO. The largest absolute Gasteiger partial charge is 0.416 e. The molecule has 19 heavy (non-hydrogen) atoms. The van der Waals surface area contributed by atoms with Crippen LogP contribution in [0, 0.1) is 5.92 Å². The fraction of sp³-hybridized carbons (Fsp3) is 0.429. The van der Waals surface area contributed by atoms with Crippen LogP contribution in [0.3, 0.4) is 0 Å². The van der Waals surface area contributed by atoms with Crippen molar-refractivity contribution in [1.29, 1.82) is 0 Å². The Bertz CT molecular complexity index is 433. The van der Waals surface area contributed by atoms with Crippen LogP contribution in [-0.2, 0) is 6.18 Å². The minimum Gasteiger partial charge on any atom is -0.384 e. The van der Waals surface area contributed by atoms with Crippen molar-refractivity contribution in [1.82, 2.24) is 5.32 Å². The Morgan fingerprint density at radius 2 is 1.95 bits per heavy atom. The van der Waals surface area contributed by atoms with E-state index in [0.29, 0.717) is 11.5 Å². The molecule has 0 radical (unpaired) electrons. The van der Waals surface area contributed by atoms with Crippen molar-refractivity contribution in [3.05, 3.63) is 47.5 Å². The van der Waals surface area contributed by atoms with Crippen molar-refractivity contribution < 1.29 is 18.3 Å². The summed E-state index contributed by atoms with van der Waals surface area (Å²) >= 11 is 0. The van der Waals surface area contributed by atoms with Crippen LogP contribution in [0.5, 0.6) is 0 Å². The standard InChI is InChI=1S/C14H16F3NO/c15-14(16,17)12-4-2-11(3-5-12)13(19)6-1-10-7-8-18-9-10/h1-6,10,13,18-19H,7-9H2/b6-1+. The van der Waals surface area contributed by atoms with E-state index >= 15 is 0 Å². The topological polar surface area (TPSA) is 32.3 Å².